The van der Waals surface area contributed by atoms with Crippen LogP contribution in [-0.4, -0.2) is 7.05 Å². The molecule has 0 aliphatic heterocycles. The zero-order chi connectivity index (χ0) is 13.9. The molecule has 0 aliphatic rings. The molecule has 1 atom stereocenters. The first kappa shape index (κ1) is 12.9. The number of hydrogen-bond donors (Lipinski definition) is 1. The molecule has 1 aromatic heterocycles. The van der Waals surface area contributed by atoms with Crippen LogP contribution in [0.15, 0.2) is 59.0 Å². The van der Waals surface area contributed by atoms with Gasteiger partial charge in [0.15, 0.2) is 0 Å². The van der Waals surface area contributed by atoms with Crippen molar-refractivity contribution in [1.82, 2.24) is 5.32 Å². The Bertz CT molecular complexity index is 696. The van der Waals surface area contributed by atoms with Crippen LogP contribution in [0.5, 0.6) is 0 Å². The molecule has 2 nitrogen and oxygen atoms in total. The summed E-state index contributed by atoms with van der Waals surface area (Å²) in [6.07, 6.45) is 1.02. The number of furan rings is 1. The molecule has 0 spiro atoms. The molecule has 0 radical (unpaired) electrons. The highest BCUT2D eigenvalue weighted by Gasteiger charge is 2.12. The van der Waals surface area contributed by atoms with Gasteiger partial charge in [-0.25, -0.2) is 0 Å². The van der Waals surface area contributed by atoms with E-state index in [1.807, 2.05) is 13.1 Å². The number of nitrogens with one attached hydrogen (secondary N) is 1. The largest absolute Gasteiger partial charge is 0.459 e. The van der Waals surface area contributed by atoms with Crippen LogP contribution in [0.25, 0.3) is 22.1 Å². The summed E-state index contributed by atoms with van der Waals surface area (Å²) < 4.78 is 5.94. The predicted molar refractivity (Wildman–Crippen MR) is 83.7 cm³/mol. The fourth-order valence-electron chi connectivity index (χ4n) is 2.59. The van der Waals surface area contributed by atoms with Crippen LogP contribution in [0.4, 0.5) is 0 Å². The summed E-state index contributed by atoms with van der Waals surface area (Å²) in [7, 11) is 1.97. The van der Waals surface area contributed by atoms with E-state index in [0.29, 0.717) is 0 Å². The first-order valence-corrected chi connectivity index (χ1v) is 7.08. The molecule has 1 unspecified atom stereocenters. The number of fused-ring (bicyclic) bond motifs is 1. The average Bonchev–Trinajstić information content (AvgIpc) is 2.92. The molecule has 2 heteroatoms. The fourth-order valence-corrected chi connectivity index (χ4v) is 2.59. The lowest BCUT2D eigenvalue weighted by Crippen LogP contribution is -2.14. The summed E-state index contributed by atoms with van der Waals surface area (Å²) in [5, 5.41) is 4.44. The van der Waals surface area contributed by atoms with Gasteiger partial charge in [-0.05, 0) is 42.8 Å². The third-order valence-corrected chi connectivity index (χ3v) is 3.74. The Balaban J connectivity index is 2.03. The Labute approximate surface area is 119 Å². The molecule has 20 heavy (non-hydrogen) atoms. The average molecular weight is 265 g/mol. The molecule has 102 valence electrons. The second-order valence-electron chi connectivity index (χ2n) is 5.02. The Hall–Kier alpha value is -2.06. The van der Waals surface area contributed by atoms with E-state index in [9.17, 15) is 0 Å². The predicted octanol–water partition coefficient (Wildman–Crippen LogP) is 4.77. The molecule has 0 fully saturated rings. The Morgan fingerprint density at radius 2 is 1.80 bits per heavy atom. The minimum atomic E-state index is 0.280. The number of benzene rings is 2. The van der Waals surface area contributed by atoms with Gasteiger partial charge in [0.25, 0.3) is 0 Å². The van der Waals surface area contributed by atoms with E-state index in [1.165, 1.54) is 11.1 Å². The number of hydrogen-bond acceptors (Lipinski definition) is 2. The standard InChI is InChI=1S/C18H19NO/c1-3-16(19-2)18-12-15-11-14(9-10-17(15)20-18)13-7-5-4-6-8-13/h4-12,16,19H,3H2,1-2H3. The zero-order valence-electron chi connectivity index (χ0n) is 11.9. The summed E-state index contributed by atoms with van der Waals surface area (Å²) in [6, 6.07) is 19.2. The van der Waals surface area contributed by atoms with Crippen LogP contribution < -0.4 is 5.32 Å². The lowest BCUT2D eigenvalue weighted by molar-refractivity contribution is 0.444. The van der Waals surface area contributed by atoms with Crippen LogP contribution in [0.1, 0.15) is 25.1 Å². The molecule has 0 bridgehead atoms. The summed E-state index contributed by atoms with van der Waals surface area (Å²) in [4.78, 5) is 0. The molecule has 1 N–H and O–H groups in total. The van der Waals surface area contributed by atoms with Crippen LogP contribution in [-0.2, 0) is 0 Å². The van der Waals surface area contributed by atoms with Crippen LogP contribution >= 0.6 is 0 Å². The van der Waals surface area contributed by atoms with Crippen LogP contribution in [0.2, 0.25) is 0 Å². The van der Waals surface area contributed by atoms with E-state index < -0.39 is 0 Å². The molecule has 0 saturated heterocycles. The summed E-state index contributed by atoms with van der Waals surface area (Å²) in [5.41, 5.74) is 3.41. The quantitative estimate of drug-likeness (QED) is 0.735. The monoisotopic (exact) mass is 265 g/mol. The van der Waals surface area contributed by atoms with Gasteiger partial charge in [-0.3, -0.25) is 0 Å². The zero-order valence-corrected chi connectivity index (χ0v) is 11.9. The van der Waals surface area contributed by atoms with E-state index in [2.05, 4.69) is 60.8 Å². The van der Waals surface area contributed by atoms with Gasteiger partial charge in [0.05, 0.1) is 6.04 Å². The minimum Gasteiger partial charge on any atom is -0.459 e. The van der Waals surface area contributed by atoms with E-state index in [1.54, 1.807) is 0 Å². The maximum Gasteiger partial charge on any atom is 0.134 e. The van der Waals surface area contributed by atoms with Gasteiger partial charge in [-0.15, -0.1) is 0 Å². The highest BCUT2D eigenvalue weighted by Crippen LogP contribution is 2.29. The van der Waals surface area contributed by atoms with Crippen molar-refractivity contribution in [1.29, 1.82) is 0 Å². The van der Waals surface area contributed by atoms with Crippen LogP contribution in [0, 0.1) is 0 Å². The van der Waals surface area contributed by atoms with Gasteiger partial charge >= 0.3 is 0 Å². The molecule has 0 saturated carbocycles. The molecule has 3 rings (SSSR count). The van der Waals surface area contributed by atoms with Crippen molar-refractivity contribution < 1.29 is 4.42 Å². The molecular formula is C18H19NO. The van der Waals surface area contributed by atoms with E-state index >= 15 is 0 Å². The van der Waals surface area contributed by atoms with Gasteiger partial charge < -0.3 is 9.73 Å². The van der Waals surface area contributed by atoms with Gasteiger partial charge in [0.1, 0.15) is 11.3 Å². The van der Waals surface area contributed by atoms with Crippen molar-refractivity contribution in [2.24, 2.45) is 0 Å². The van der Waals surface area contributed by atoms with Crippen molar-refractivity contribution >= 4 is 11.0 Å². The van der Waals surface area contributed by atoms with Gasteiger partial charge in [-0.2, -0.15) is 0 Å². The molecular weight excluding hydrogens is 246 g/mol. The number of rotatable bonds is 4. The SMILES string of the molecule is CCC(NC)c1cc2cc(-c3ccccc3)ccc2o1. The summed E-state index contributed by atoms with van der Waals surface area (Å²) in [6.45, 7) is 2.16. The second kappa shape index (κ2) is 5.51. The summed E-state index contributed by atoms with van der Waals surface area (Å²) >= 11 is 0. The Kier molecular flexibility index (Phi) is 3.57. The Morgan fingerprint density at radius 3 is 2.50 bits per heavy atom. The molecule has 1 heterocycles. The molecule has 0 aliphatic carbocycles. The van der Waals surface area contributed by atoms with Crippen LogP contribution in [0.3, 0.4) is 0 Å². The molecule has 0 amide bonds. The maximum absolute atomic E-state index is 5.94. The van der Waals surface area contributed by atoms with E-state index in [4.69, 9.17) is 4.42 Å². The van der Waals surface area contributed by atoms with Crippen molar-refractivity contribution in [3.63, 3.8) is 0 Å². The first-order valence-electron chi connectivity index (χ1n) is 7.08. The highest BCUT2D eigenvalue weighted by molar-refractivity contribution is 5.84. The van der Waals surface area contributed by atoms with Gasteiger partial charge in [-0.1, -0.05) is 43.3 Å². The third kappa shape index (κ3) is 2.35. The molecule has 2 aromatic carbocycles. The maximum atomic E-state index is 5.94. The normalized spacial score (nSPS) is 12.7. The fraction of sp³-hybridized carbons (Fsp3) is 0.222. The third-order valence-electron chi connectivity index (χ3n) is 3.74. The highest BCUT2D eigenvalue weighted by atomic mass is 16.3. The van der Waals surface area contributed by atoms with Crippen molar-refractivity contribution in [3.05, 3.63) is 60.4 Å². The van der Waals surface area contributed by atoms with Crippen molar-refractivity contribution in [2.75, 3.05) is 7.05 Å². The second-order valence-corrected chi connectivity index (χ2v) is 5.02. The van der Waals surface area contributed by atoms with E-state index in [0.717, 1.165) is 23.2 Å². The van der Waals surface area contributed by atoms with Crippen molar-refractivity contribution in [2.45, 2.75) is 19.4 Å². The minimum absolute atomic E-state index is 0.280. The van der Waals surface area contributed by atoms with Gasteiger partial charge in [0, 0.05) is 5.39 Å². The molecule has 3 aromatic rings. The van der Waals surface area contributed by atoms with Gasteiger partial charge in [0.2, 0.25) is 0 Å². The van der Waals surface area contributed by atoms with E-state index in [-0.39, 0.29) is 6.04 Å². The summed E-state index contributed by atoms with van der Waals surface area (Å²) in [5.74, 6) is 1.01. The lowest BCUT2D eigenvalue weighted by Gasteiger charge is -2.09. The smallest absolute Gasteiger partial charge is 0.134 e. The van der Waals surface area contributed by atoms with Crippen molar-refractivity contribution in [3.8, 4) is 11.1 Å². The lowest BCUT2D eigenvalue weighted by atomic mass is 10.0. The Morgan fingerprint density at radius 1 is 1.00 bits per heavy atom. The first-order chi connectivity index (χ1) is 9.81. The topological polar surface area (TPSA) is 25.2 Å².